The number of hydrogen-bond donors (Lipinski definition) is 3. The van der Waals surface area contributed by atoms with E-state index >= 15 is 0 Å². The van der Waals surface area contributed by atoms with Crippen LogP contribution < -0.4 is 5.41 Å². The summed E-state index contributed by atoms with van der Waals surface area (Å²) in [6, 6.07) is 0. The van der Waals surface area contributed by atoms with E-state index in [2.05, 4.69) is 5.41 Å². The quantitative estimate of drug-likeness (QED) is 0.349. The van der Waals surface area contributed by atoms with Gasteiger partial charge in [0.15, 0.2) is 0 Å². The highest BCUT2D eigenvalue weighted by molar-refractivity contribution is 6.55. The molecular weight excluding hydrogens is 96.0 g/mol. The van der Waals surface area contributed by atoms with E-state index < -0.39 is 11.7 Å². The molecule has 4 nitrogen and oxygen atoms in total. The third-order valence-corrected chi connectivity index (χ3v) is 0.402. The molecule has 7 heavy (non-hydrogen) atoms. The molecule has 4 heteroatoms. The van der Waals surface area contributed by atoms with E-state index in [1.165, 1.54) is 0 Å². The highest BCUT2D eigenvalue weighted by Crippen LogP contribution is 1.55. The molecule has 0 radical (unpaired) electrons. The first kappa shape index (κ1) is 5.81. The van der Waals surface area contributed by atoms with E-state index in [4.69, 9.17) is 10.5 Å². The molecule has 0 bridgehead atoms. The molecule has 0 heterocycles. The predicted octanol–water partition coefficient (Wildman–Crippen LogP) is -2.08. The maximum absolute atomic E-state index is 9.62. The van der Waals surface area contributed by atoms with Gasteiger partial charge in [0, 0.05) is 0 Å². The molecule has 0 aromatic carbocycles. The Morgan fingerprint density at radius 1 is 1.86 bits per heavy atom. The zero-order valence-corrected chi connectivity index (χ0v) is 3.51. The fourth-order valence-electron chi connectivity index (χ4n) is 0.0617. The van der Waals surface area contributed by atoms with Crippen LogP contribution in [0.1, 0.15) is 0 Å². The molecule has 0 rings (SSSR count). The summed E-state index contributed by atoms with van der Waals surface area (Å²) < 4.78 is 0. The average Bonchev–Trinajstić information content (AvgIpc) is 1.65. The number of carbonyl (C=O) groups is 1. The summed E-state index contributed by atoms with van der Waals surface area (Å²) in [7, 11) is 0. The van der Waals surface area contributed by atoms with Crippen LogP contribution >= 0.6 is 0 Å². The predicted molar refractivity (Wildman–Crippen MR) is 23.4 cm³/mol. The Labute approximate surface area is 39.8 Å². The van der Waals surface area contributed by atoms with Crippen LogP contribution in [0.4, 0.5) is 0 Å². The zero-order valence-electron chi connectivity index (χ0n) is 3.51. The van der Waals surface area contributed by atoms with Crippen LogP contribution in [0, 0.1) is 5.41 Å². The maximum atomic E-state index is 9.62. The van der Waals surface area contributed by atoms with Crippen molar-refractivity contribution in [2.24, 2.45) is 0 Å². The first-order valence-corrected chi connectivity index (χ1v) is 1.54. The van der Waals surface area contributed by atoms with Crippen LogP contribution in [0.15, 0.2) is 0 Å². The van der Waals surface area contributed by atoms with Crippen LogP contribution in [0.3, 0.4) is 0 Å². The van der Waals surface area contributed by atoms with Gasteiger partial charge in [0.05, 0.1) is 6.21 Å². The van der Waals surface area contributed by atoms with Gasteiger partial charge in [-0.3, -0.25) is 0 Å². The average molecular weight is 101 g/mol. The van der Waals surface area contributed by atoms with E-state index in [1.807, 2.05) is 0 Å². The Hall–Kier alpha value is -1.19. The van der Waals surface area contributed by atoms with Gasteiger partial charge in [-0.2, -0.15) is 0 Å². The second-order valence-electron chi connectivity index (χ2n) is 0.905. The summed E-state index contributed by atoms with van der Waals surface area (Å²) in [6.07, 6.45) is 0.586. The van der Waals surface area contributed by atoms with Crippen molar-refractivity contribution in [1.82, 2.24) is 0 Å². The lowest BCUT2D eigenvalue weighted by atomic mass is 10.4. The van der Waals surface area contributed by atoms with Gasteiger partial charge in [0.25, 0.3) is 5.71 Å². The SMILES string of the molecule is N=CC(=[NH2+])C(=O)O. The summed E-state index contributed by atoms with van der Waals surface area (Å²) in [5, 5.41) is 18.8. The minimum Gasteiger partial charge on any atom is -0.473 e. The van der Waals surface area contributed by atoms with Crippen molar-refractivity contribution in [2.45, 2.75) is 0 Å². The molecule has 0 atom stereocenters. The van der Waals surface area contributed by atoms with Crippen molar-refractivity contribution in [1.29, 1.82) is 5.41 Å². The number of rotatable bonds is 2. The molecule has 38 valence electrons. The van der Waals surface area contributed by atoms with Gasteiger partial charge >= 0.3 is 5.97 Å². The van der Waals surface area contributed by atoms with E-state index in [0.717, 1.165) is 0 Å². The smallest absolute Gasteiger partial charge is 0.402 e. The molecule has 0 saturated carbocycles. The molecule has 0 saturated heterocycles. The second-order valence-corrected chi connectivity index (χ2v) is 0.905. The first-order chi connectivity index (χ1) is 3.18. The highest BCUT2D eigenvalue weighted by Gasteiger charge is 2.06. The number of carboxylic acid groups (broad SMARTS) is 1. The van der Waals surface area contributed by atoms with Crippen molar-refractivity contribution in [3.63, 3.8) is 0 Å². The Kier molecular flexibility index (Phi) is 1.72. The molecule has 0 aliphatic carbocycles. The Balaban J connectivity index is 3.81. The van der Waals surface area contributed by atoms with E-state index in [9.17, 15) is 4.79 Å². The maximum Gasteiger partial charge on any atom is 0.402 e. The Morgan fingerprint density at radius 2 is 2.29 bits per heavy atom. The lowest BCUT2D eigenvalue weighted by molar-refractivity contribution is -0.145. The Morgan fingerprint density at radius 3 is 2.29 bits per heavy atom. The molecule has 0 aliphatic rings. The number of hydrogen-bond acceptors (Lipinski definition) is 2. The van der Waals surface area contributed by atoms with Gasteiger partial charge in [0.2, 0.25) is 0 Å². The van der Waals surface area contributed by atoms with Crippen LogP contribution in [0.5, 0.6) is 0 Å². The topological polar surface area (TPSA) is 86.7 Å². The fourth-order valence-corrected chi connectivity index (χ4v) is 0.0617. The largest absolute Gasteiger partial charge is 0.473 e. The molecule has 0 unspecified atom stereocenters. The summed E-state index contributed by atoms with van der Waals surface area (Å²) in [5.74, 6) is -1.25. The minimum absolute atomic E-state index is 0.444. The van der Waals surface area contributed by atoms with Crippen LogP contribution in [-0.2, 0) is 4.79 Å². The normalized spacial score (nSPS) is 7.43. The van der Waals surface area contributed by atoms with Crippen molar-refractivity contribution >= 4 is 17.9 Å². The van der Waals surface area contributed by atoms with E-state index in [1.54, 1.807) is 0 Å². The molecule has 0 aromatic rings. The third-order valence-electron chi connectivity index (χ3n) is 0.402. The lowest BCUT2D eigenvalue weighted by Crippen LogP contribution is -2.45. The number of carboxylic acids is 1. The van der Waals surface area contributed by atoms with E-state index in [-0.39, 0.29) is 0 Å². The number of nitrogens with two attached hydrogens (primary N) is 1. The molecule has 0 fully saturated rings. The van der Waals surface area contributed by atoms with Gasteiger partial charge < -0.3 is 10.5 Å². The molecule has 0 amide bonds. The summed E-state index contributed by atoms with van der Waals surface area (Å²) >= 11 is 0. The van der Waals surface area contributed by atoms with Gasteiger partial charge in [0.1, 0.15) is 0 Å². The minimum atomic E-state index is -1.25. The lowest BCUT2D eigenvalue weighted by Gasteiger charge is -1.72. The number of aliphatic carboxylic acids is 1. The second kappa shape index (κ2) is 2.07. The standard InChI is InChI=1S/C3H4N2O2/c4-1-2(5)3(6)7/h1,4-5H,(H,6,7)/p+1. The van der Waals surface area contributed by atoms with Crippen molar-refractivity contribution in [2.75, 3.05) is 0 Å². The summed E-state index contributed by atoms with van der Waals surface area (Å²) in [5.41, 5.74) is -0.444. The van der Waals surface area contributed by atoms with Crippen LogP contribution in [0.2, 0.25) is 0 Å². The Bertz CT molecular complexity index is 118. The molecular formula is C3H5N2O2+. The van der Waals surface area contributed by atoms with Crippen LogP contribution in [-0.4, -0.2) is 23.0 Å². The third kappa shape index (κ3) is 1.64. The van der Waals surface area contributed by atoms with Gasteiger partial charge in [-0.15, -0.1) is 0 Å². The summed E-state index contributed by atoms with van der Waals surface area (Å²) in [4.78, 5) is 9.62. The molecule has 0 aromatic heterocycles. The first-order valence-electron chi connectivity index (χ1n) is 1.54. The molecule has 0 spiro atoms. The van der Waals surface area contributed by atoms with Crippen molar-refractivity contribution in [3.05, 3.63) is 0 Å². The molecule has 4 N–H and O–H groups in total. The monoisotopic (exact) mass is 101 g/mol. The van der Waals surface area contributed by atoms with Crippen molar-refractivity contribution < 1.29 is 15.3 Å². The van der Waals surface area contributed by atoms with E-state index in [0.29, 0.717) is 6.21 Å². The highest BCUT2D eigenvalue weighted by atomic mass is 16.4. The fraction of sp³-hybridized carbons (Fsp3) is 0. The van der Waals surface area contributed by atoms with Gasteiger partial charge in [-0.1, -0.05) is 0 Å². The molecule has 0 aliphatic heterocycles. The van der Waals surface area contributed by atoms with Crippen LogP contribution in [0.25, 0.3) is 0 Å². The zero-order chi connectivity index (χ0) is 5.86. The summed E-state index contributed by atoms with van der Waals surface area (Å²) in [6.45, 7) is 0. The number of nitrogens with one attached hydrogen (secondary N) is 1. The van der Waals surface area contributed by atoms with Gasteiger partial charge in [-0.05, 0) is 0 Å². The van der Waals surface area contributed by atoms with Crippen molar-refractivity contribution in [3.8, 4) is 0 Å². The van der Waals surface area contributed by atoms with Gasteiger partial charge in [-0.25, -0.2) is 10.2 Å².